The van der Waals surface area contributed by atoms with Crippen molar-refractivity contribution in [2.24, 2.45) is 0 Å². The molecule has 5 heteroatoms. The molecule has 1 aromatic heterocycles. The Hall–Kier alpha value is -1.85. The first-order valence-electron chi connectivity index (χ1n) is 8.99. The number of nitrogens with one attached hydrogen (secondary N) is 1. The van der Waals surface area contributed by atoms with Gasteiger partial charge in [-0.05, 0) is 18.6 Å². The topological polar surface area (TPSA) is 48.7 Å². The maximum Gasteiger partial charge on any atom is 0.223 e. The van der Waals surface area contributed by atoms with Gasteiger partial charge in [-0.1, -0.05) is 18.2 Å². The van der Waals surface area contributed by atoms with Gasteiger partial charge < -0.3 is 14.6 Å². The van der Waals surface area contributed by atoms with Gasteiger partial charge in [0.05, 0.1) is 0 Å². The Bertz CT molecular complexity index is 672. The Balaban J connectivity index is 1.30. The summed E-state index contributed by atoms with van der Waals surface area (Å²) < 4.78 is 5.81. The van der Waals surface area contributed by atoms with Gasteiger partial charge in [0.2, 0.25) is 5.91 Å². The molecular formula is C19H25N3O2. The summed E-state index contributed by atoms with van der Waals surface area (Å²) in [6, 6.07) is 10.6. The quantitative estimate of drug-likeness (QED) is 0.931. The summed E-state index contributed by atoms with van der Waals surface area (Å²) in [6.07, 6.45) is 2.33. The standard InChI is InChI=1S/C19H25N3O2/c23-19(6-5-17-13-15-3-1-2-4-18(15)24-17)22-10-7-16(14-22)21-11-8-20-9-12-21/h1-4,13,16,20H,5-12,14H2. The molecule has 0 aliphatic carbocycles. The molecule has 4 rings (SSSR count). The van der Waals surface area contributed by atoms with Gasteiger partial charge in [-0.25, -0.2) is 0 Å². The highest BCUT2D eigenvalue weighted by Gasteiger charge is 2.30. The fourth-order valence-corrected chi connectivity index (χ4v) is 3.86. The number of amides is 1. The van der Waals surface area contributed by atoms with E-state index in [2.05, 4.69) is 16.3 Å². The largest absolute Gasteiger partial charge is 0.461 e. The SMILES string of the molecule is O=C(CCc1cc2ccccc2o1)N1CCC(N2CCNCC2)C1. The number of furan rings is 1. The van der Waals surface area contributed by atoms with Crippen LogP contribution in [-0.2, 0) is 11.2 Å². The van der Waals surface area contributed by atoms with E-state index in [1.807, 2.05) is 29.2 Å². The van der Waals surface area contributed by atoms with Crippen LogP contribution in [0.2, 0.25) is 0 Å². The van der Waals surface area contributed by atoms with Crippen molar-refractivity contribution < 1.29 is 9.21 Å². The predicted octanol–water partition coefficient (Wildman–Crippen LogP) is 1.87. The third-order valence-electron chi connectivity index (χ3n) is 5.25. The number of carbonyl (C=O) groups is 1. The van der Waals surface area contributed by atoms with Crippen molar-refractivity contribution in [3.05, 3.63) is 36.1 Å². The Kier molecular flexibility index (Phi) is 4.54. The molecule has 2 saturated heterocycles. The van der Waals surface area contributed by atoms with Crippen molar-refractivity contribution in [3.8, 4) is 0 Å². The molecule has 0 radical (unpaired) electrons. The van der Waals surface area contributed by atoms with Gasteiger partial charge in [0.15, 0.2) is 0 Å². The molecule has 0 saturated carbocycles. The first-order chi connectivity index (χ1) is 11.8. The van der Waals surface area contributed by atoms with Crippen LogP contribution >= 0.6 is 0 Å². The first-order valence-corrected chi connectivity index (χ1v) is 8.99. The highest BCUT2D eigenvalue weighted by molar-refractivity contribution is 5.79. The van der Waals surface area contributed by atoms with E-state index in [4.69, 9.17) is 4.42 Å². The molecule has 5 nitrogen and oxygen atoms in total. The Morgan fingerprint density at radius 2 is 2.04 bits per heavy atom. The number of piperazine rings is 1. The lowest BCUT2D eigenvalue weighted by atomic mass is 10.2. The van der Waals surface area contributed by atoms with Crippen LogP contribution in [0.25, 0.3) is 11.0 Å². The van der Waals surface area contributed by atoms with Crippen molar-refractivity contribution in [1.29, 1.82) is 0 Å². The average Bonchev–Trinajstić information content (AvgIpc) is 3.27. The molecule has 1 atom stereocenters. The second-order valence-corrected chi connectivity index (χ2v) is 6.82. The lowest BCUT2D eigenvalue weighted by Gasteiger charge is -2.32. The zero-order valence-corrected chi connectivity index (χ0v) is 14.0. The van der Waals surface area contributed by atoms with Crippen LogP contribution in [0.4, 0.5) is 0 Å². The minimum absolute atomic E-state index is 0.257. The molecule has 2 aliphatic rings. The number of fused-ring (bicyclic) bond motifs is 1. The molecular weight excluding hydrogens is 302 g/mol. The molecule has 0 bridgehead atoms. The van der Waals surface area contributed by atoms with Gasteiger partial charge in [0, 0.05) is 63.5 Å². The summed E-state index contributed by atoms with van der Waals surface area (Å²) in [6.45, 7) is 6.12. The lowest BCUT2D eigenvalue weighted by Crippen LogP contribution is -2.49. The van der Waals surface area contributed by atoms with Gasteiger partial charge in [-0.15, -0.1) is 0 Å². The van der Waals surface area contributed by atoms with Gasteiger partial charge in [-0.3, -0.25) is 9.69 Å². The summed E-state index contributed by atoms with van der Waals surface area (Å²) in [5, 5.41) is 4.50. The lowest BCUT2D eigenvalue weighted by molar-refractivity contribution is -0.130. The van der Waals surface area contributed by atoms with E-state index in [1.165, 1.54) is 0 Å². The molecule has 0 spiro atoms. The highest BCUT2D eigenvalue weighted by atomic mass is 16.3. The molecule has 2 fully saturated rings. The maximum absolute atomic E-state index is 12.5. The summed E-state index contributed by atoms with van der Waals surface area (Å²) in [7, 11) is 0. The molecule has 24 heavy (non-hydrogen) atoms. The van der Waals surface area contributed by atoms with E-state index in [-0.39, 0.29) is 5.91 Å². The second-order valence-electron chi connectivity index (χ2n) is 6.82. The summed E-state index contributed by atoms with van der Waals surface area (Å²) in [4.78, 5) is 17.1. The van der Waals surface area contributed by atoms with Crippen molar-refractivity contribution in [2.75, 3.05) is 39.3 Å². The van der Waals surface area contributed by atoms with Gasteiger partial charge >= 0.3 is 0 Å². The van der Waals surface area contributed by atoms with Crippen LogP contribution in [0.15, 0.2) is 34.7 Å². The number of hydrogen-bond acceptors (Lipinski definition) is 4. The first kappa shape index (κ1) is 15.7. The normalized spacial score (nSPS) is 22.3. The fraction of sp³-hybridized carbons (Fsp3) is 0.526. The number of aryl methyl sites for hydroxylation is 1. The van der Waals surface area contributed by atoms with Crippen molar-refractivity contribution in [3.63, 3.8) is 0 Å². The van der Waals surface area contributed by atoms with Crippen LogP contribution < -0.4 is 5.32 Å². The molecule has 1 amide bonds. The van der Waals surface area contributed by atoms with Crippen LogP contribution in [0.3, 0.4) is 0 Å². The summed E-state index contributed by atoms with van der Waals surface area (Å²) in [5.41, 5.74) is 0.903. The van der Waals surface area contributed by atoms with Crippen molar-refractivity contribution in [1.82, 2.24) is 15.1 Å². The fourth-order valence-electron chi connectivity index (χ4n) is 3.86. The number of likely N-dealkylation sites (tertiary alicyclic amines) is 1. The monoisotopic (exact) mass is 327 g/mol. The third-order valence-corrected chi connectivity index (χ3v) is 5.25. The average molecular weight is 327 g/mol. The zero-order chi connectivity index (χ0) is 16.4. The van der Waals surface area contributed by atoms with Crippen molar-refractivity contribution in [2.45, 2.75) is 25.3 Å². The predicted molar refractivity (Wildman–Crippen MR) is 94.0 cm³/mol. The molecule has 1 unspecified atom stereocenters. The molecule has 1 N–H and O–H groups in total. The smallest absolute Gasteiger partial charge is 0.223 e. The van der Waals surface area contributed by atoms with E-state index < -0.39 is 0 Å². The van der Waals surface area contributed by atoms with E-state index in [9.17, 15) is 4.79 Å². The van der Waals surface area contributed by atoms with Gasteiger partial charge in [0.1, 0.15) is 11.3 Å². The molecule has 3 heterocycles. The number of rotatable bonds is 4. The van der Waals surface area contributed by atoms with Gasteiger partial charge in [0.25, 0.3) is 0 Å². The van der Waals surface area contributed by atoms with Crippen LogP contribution in [-0.4, -0.2) is 61.0 Å². The van der Waals surface area contributed by atoms with Crippen LogP contribution in [0, 0.1) is 0 Å². The molecule has 2 aromatic rings. The molecule has 2 aliphatic heterocycles. The third kappa shape index (κ3) is 3.32. The van der Waals surface area contributed by atoms with E-state index in [0.717, 1.165) is 62.4 Å². The second kappa shape index (κ2) is 6.95. The van der Waals surface area contributed by atoms with E-state index in [0.29, 0.717) is 18.9 Å². The van der Waals surface area contributed by atoms with Crippen molar-refractivity contribution >= 4 is 16.9 Å². The Labute approximate surface area is 142 Å². The summed E-state index contributed by atoms with van der Waals surface area (Å²) in [5.74, 6) is 1.16. The van der Waals surface area contributed by atoms with E-state index >= 15 is 0 Å². The number of hydrogen-bond donors (Lipinski definition) is 1. The Morgan fingerprint density at radius 1 is 1.21 bits per heavy atom. The highest BCUT2D eigenvalue weighted by Crippen LogP contribution is 2.21. The number of benzene rings is 1. The number of para-hydroxylation sites is 1. The Morgan fingerprint density at radius 3 is 2.88 bits per heavy atom. The van der Waals surface area contributed by atoms with Gasteiger partial charge in [-0.2, -0.15) is 0 Å². The van der Waals surface area contributed by atoms with E-state index in [1.54, 1.807) is 0 Å². The van der Waals surface area contributed by atoms with Crippen LogP contribution in [0.5, 0.6) is 0 Å². The van der Waals surface area contributed by atoms with Crippen LogP contribution in [0.1, 0.15) is 18.6 Å². The maximum atomic E-state index is 12.5. The minimum Gasteiger partial charge on any atom is -0.461 e. The molecule has 128 valence electrons. The summed E-state index contributed by atoms with van der Waals surface area (Å²) >= 11 is 0. The molecule has 1 aromatic carbocycles. The zero-order valence-electron chi connectivity index (χ0n) is 14.0. The minimum atomic E-state index is 0.257. The number of carbonyl (C=O) groups excluding carboxylic acids is 1. The number of nitrogens with zero attached hydrogens (tertiary/aromatic N) is 2.